The van der Waals surface area contributed by atoms with Gasteiger partial charge in [-0.05, 0) is 32.1 Å². The Morgan fingerprint density at radius 3 is 2.47 bits per heavy atom. The molecule has 1 aliphatic carbocycles. The molecule has 1 aliphatic heterocycles. The highest BCUT2D eigenvalue weighted by atomic mass is 16.2. The molecular weight excluding hydrogens is 240 g/mol. The van der Waals surface area contributed by atoms with Crippen LogP contribution in [-0.4, -0.2) is 34.8 Å². The fourth-order valence-electron chi connectivity index (χ4n) is 3.41. The van der Waals surface area contributed by atoms with Gasteiger partial charge in [0.1, 0.15) is 5.54 Å². The summed E-state index contributed by atoms with van der Waals surface area (Å²) < 4.78 is 0. The van der Waals surface area contributed by atoms with E-state index in [4.69, 9.17) is 0 Å². The average Bonchev–Trinajstić information content (AvgIpc) is 2.82. The third-order valence-corrected chi connectivity index (χ3v) is 4.79. The maximum absolute atomic E-state index is 12.7. The molecule has 1 saturated carbocycles. The van der Waals surface area contributed by atoms with Gasteiger partial charge in [-0.25, -0.2) is 0 Å². The molecule has 1 heterocycles. The number of nitrogens with zero attached hydrogens (tertiary/aromatic N) is 1. The maximum atomic E-state index is 12.7. The molecule has 108 valence electrons. The number of nitrogens with one attached hydrogen (secondary N) is 1. The Hall–Kier alpha value is -1.06. The van der Waals surface area contributed by atoms with E-state index in [2.05, 4.69) is 26.1 Å². The first-order valence-corrected chi connectivity index (χ1v) is 7.60. The van der Waals surface area contributed by atoms with Gasteiger partial charge in [0.2, 0.25) is 11.8 Å². The van der Waals surface area contributed by atoms with E-state index in [1.54, 1.807) is 0 Å². The molecule has 2 aliphatic rings. The van der Waals surface area contributed by atoms with Crippen LogP contribution in [0.3, 0.4) is 0 Å². The Balaban J connectivity index is 2.11. The SMILES string of the molecule is CCC(C)CC(C)N1CC(=O)NC2(CCCC2)C1=O. The van der Waals surface area contributed by atoms with Crippen LogP contribution in [-0.2, 0) is 9.59 Å². The Kier molecular flexibility index (Phi) is 4.16. The molecule has 2 atom stereocenters. The number of hydrogen-bond acceptors (Lipinski definition) is 2. The van der Waals surface area contributed by atoms with Crippen LogP contribution >= 0.6 is 0 Å². The van der Waals surface area contributed by atoms with Gasteiger partial charge in [-0.15, -0.1) is 0 Å². The number of piperazine rings is 1. The van der Waals surface area contributed by atoms with E-state index >= 15 is 0 Å². The number of hydrogen-bond donors (Lipinski definition) is 1. The Labute approximate surface area is 115 Å². The van der Waals surface area contributed by atoms with E-state index in [0.29, 0.717) is 5.92 Å². The van der Waals surface area contributed by atoms with Gasteiger partial charge >= 0.3 is 0 Å². The fourth-order valence-corrected chi connectivity index (χ4v) is 3.41. The van der Waals surface area contributed by atoms with Crippen molar-refractivity contribution in [2.45, 2.75) is 70.9 Å². The van der Waals surface area contributed by atoms with Crippen LogP contribution in [0.25, 0.3) is 0 Å². The number of rotatable bonds is 4. The van der Waals surface area contributed by atoms with E-state index < -0.39 is 5.54 Å². The van der Waals surface area contributed by atoms with Crippen molar-refractivity contribution in [2.24, 2.45) is 5.92 Å². The molecule has 2 rings (SSSR count). The second kappa shape index (κ2) is 5.51. The van der Waals surface area contributed by atoms with Crippen LogP contribution in [0.2, 0.25) is 0 Å². The van der Waals surface area contributed by atoms with Gasteiger partial charge in [0.15, 0.2) is 0 Å². The van der Waals surface area contributed by atoms with Gasteiger partial charge in [0.25, 0.3) is 0 Å². The fraction of sp³-hybridized carbons (Fsp3) is 0.867. The van der Waals surface area contributed by atoms with Crippen molar-refractivity contribution < 1.29 is 9.59 Å². The Bertz CT molecular complexity index is 361. The van der Waals surface area contributed by atoms with Crippen molar-refractivity contribution in [2.75, 3.05) is 6.54 Å². The minimum absolute atomic E-state index is 0.0116. The molecular formula is C15H26N2O2. The van der Waals surface area contributed by atoms with Crippen molar-refractivity contribution in [3.05, 3.63) is 0 Å². The van der Waals surface area contributed by atoms with Gasteiger partial charge < -0.3 is 10.2 Å². The summed E-state index contributed by atoms with van der Waals surface area (Å²) in [7, 11) is 0. The molecule has 2 fully saturated rings. The van der Waals surface area contributed by atoms with Crippen LogP contribution in [0.4, 0.5) is 0 Å². The normalized spacial score (nSPS) is 25.5. The molecule has 4 nitrogen and oxygen atoms in total. The molecule has 0 aromatic carbocycles. The van der Waals surface area contributed by atoms with Crippen LogP contribution in [0, 0.1) is 5.92 Å². The van der Waals surface area contributed by atoms with Crippen molar-refractivity contribution >= 4 is 11.8 Å². The van der Waals surface area contributed by atoms with Crippen LogP contribution in [0.1, 0.15) is 59.3 Å². The van der Waals surface area contributed by atoms with E-state index in [1.807, 2.05) is 4.90 Å². The predicted octanol–water partition coefficient (Wildman–Crippen LogP) is 2.08. The molecule has 0 aromatic rings. The summed E-state index contributed by atoms with van der Waals surface area (Å²) in [4.78, 5) is 26.5. The van der Waals surface area contributed by atoms with Crippen molar-refractivity contribution in [1.29, 1.82) is 0 Å². The van der Waals surface area contributed by atoms with E-state index in [0.717, 1.165) is 38.5 Å². The van der Waals surface area contributed by atoms with E-state index in [-0.39, 0.29) is 24.4 Å². The lowest BCUT2D eigenvalue weighted by molar-refractivity contribution is -0.152. The zero-order valence-corrected chi connectivity index (χ0v) is 12.4. The lowest BCUT2D eigenvalue weighted by atomic mass is 9.90. The lowest BCUT2D eigenvalue weighted by Crippen LogP contribution is -2.67. The Morgan fingerprint density at radius 1 is 1.26 bits per heavy atom. The second-order valence-electron chi connectivity index (χ2n) is 6.37. The molecule has 1 N–H and O–H groups in total. The standard InChI is InChI=1S/C15H26N2O2/c1-4-11(2)9-12(3)17-10-13(18)16-15(14(17)19)7-5-6-8-15/h11-12H,4-10H2,1-3H3,(H,16,18). The Morgan fingerprint density at radius 2 is 1.89 bits per heavy atom. The highest BCUT2D eigenvalue weighted by Crippen LogP contribution is 2.34. The average molecular weight is 266 g/mol. The molecule has 0 aromatic heterocycles. The summed E-state index contributed by atoms with van der Waals surface area (Å²) in [6.07, 6.45) is 5.79. The maximum Gasteiger partial charge on any atom is 0.249 e. The molecule has 1 spiro atoms. The van der Waals surface area contributed by atoms with Crippen LogP contribution < -0.4 is 5.32 Å². The predicted molar refractivity (Wildman–Crippen MR) is 74.6 cm³/mol. The van der Waals surface area contributed by atoms with Gasteiger partial charge in [-0.3, -0.25) is 9.59 Å². The molecule has 19 heavy (non-hydrogen) atoms. The summed E-state index contributed by atoms with van der Waals surface area (Å²) in [6, 6.07) is 0.158. The second-order valence-corrected chi connectivity index (χ2v) is 6.37. The number of carbonyl (C=O) groups is 2. The summed E-state index contributed by atoms with van der Waals surface area (Å²) >= 11 is 0. The van der Waals surface area contributed by atoms with Crippen molar-refractivity contribution in [1.82, 2.24) is 10.2 Å². The van der Waals surface area contributed by atoms with Gasteiger partial charge in [0, 0.05) is 6.04 Å². The van der Waals surface area contributed by atoms with Gasteiger partial charge in [-0.2, -0.15) is 0 Å². The summed E-state index contributed by atoms with van der Waals surface area (Å²) in [5.41, 5.74) is -0.570. The molecule has 4 heteroatoms. The van der Waals surface area contributed by atoms with Crippen LogP contribution in [0.15, 0.2) is 0 Å². The first kappa shape index (κ1) is 14.4. The highest BCUT2D eigenvalue weighted by Gasteiger charge is 2.49. The summed E-state index contributed by atoms with van der Waals surface area (Å²) in [5.74, 6) is 0.755. The third kappa shape index (κ3) is 2.77. The zero-order chi connectivity index (χ0) is 14.0. The molecule has 2 unspecified atom stereocenters. The van der Waals surface area contributed by atoms with Crippen LogP contribution in [0.5, 0.6) is 0 Å². The molecule has 2 amide bonds. The van der Waals surface area contributed by atoms with E-state index in [1.165, 1.54) is 0 Å². The molecule has 0 bridgehead atoms. The zero-order valence-electron chi connectivity index (χ0n) is 12.4. The van der Waals surface area contributed by atoms with E-state index in [9.17, 15) is 9.59 Å². The quantitative estimate of drug-likeness (QED) is 0.847. The minimum atomic E-state index is -0.570. The third-order valence-electron chi connectivity index (χ3n) is 4.79. The first-order chi connectivity index (χ1) is 8.98. The number of carbonyl (C=O) groups excluding carboxylic acids is 2. The van der Waals surface area contributed by atoms with Crippen molar-refractivity contribution in [3.8, 4) is 0 Å². The largest absolute Gasteiger partial charge is 0.340 e. The minimum Gasteiger partial charge on any atom is -0.340 e. The molecule has 0 radical (unpaired) electrons. The monoisotopic (exact) mass is 266 g/mol. The lowest BCUT2D eigenvalue weighted by Gasteiger charge is -2.43. The van der Waals surface area contributed by atoms with Gasteiger partial charge in [-0.1, -0.05) is 33.1 Å². The first-order valence-electron chi connectivity index (χ1n) is 7.60. The van der Waals surface area contributed by atoms with Crippen molar-refractivity contribution in [3.63, 3.8) is 0 Å². The summed E-state index contributed by atoms with van der Waals surface area (Å²) in [6.45, 7) is 6.68. The number of amides is 2. The smallest absolute Gasteiger partial charge is 0.249 e. The topological polar surface area (TPSA) is 49.4 Å². The summed E-state index contributed by atoms with van der Waals surface area (Å²) in [5, 5.41) is 2.96. The molecule has 1 saturated heterocycles. The van der Waals surface area contributed by atoms with Gasteiger partial charge in [0.05, 0.1) is 6.54 Å². The highest BCUT2D eigenvalue weighted by molar-refractivity contribution is 5.98.